The summed E-state index contributed by atoms with van der Waals surface area (Å²) < 4.78 is 10.5. The molecule has 0 fully saturated rings. The van der Waals surface area contributed by atoms with E-state index in [9.17, 15) is 5.11 Å². The van der Waals surface area contributed by atoms with Gasteiger partial charge >= 0.3 is 0 Å². The van der Waals surface area contributed by atoms with Gasteiger partial charge in [-0.05, 0) is 25.1 Å². The van der Waals surface area contributed by atoms with E-state index >= 15 is 0 Å². The van der Waals surface area contributed by atoms with Gasteiger partial charge in [-0.15, -0.1) is 0 Å². The Morgan fingerprint density at radius 1 is 1.32 bits per heavy atom. The number of ether oxygens (including phenoxy) is 1. The van der Waals surface area contributed by atoms with Crippen LogP contribution in [0.25, 0.3) is 0 Å². The standard InChI is InChI=1S/C14H16N2O3/c1-10-7-8-11(19-10)9-15-16-14(17)12-5-3-4-6-13(12)18-2/h3-9,14,16-17H,1-2H3/b15-9+. The van der Waals surface area contributed by atoms with Crippen LogP contribution in [0.3, 0.4) is 0 Å². The molecule has 1 unspecified atom stereocenters. The number of rotatable bonds is 5. The third-order valence-electron chi connectivity index (χ3n) is 2.58. The molecule has 0 aliphatic rings. The van der Waals surface area contributed by atoms with Crippen molar-refractivity contribution in [1.29, 1.82) is 0 Å². The second-order valence-corrected chi connectivity index (χ2v) is 3.98. The van der Waals surface area contributed by atoms with E-state index < -0.39 is 6.23 Å². The van der Waals surface area contributed by atoms with E-state index in [0.717, 1.165) is 5.76 Å². The van der Waals surface area contributed by atoms with Crippen molar-refractivity contribution in [3.63, 3.8) is 0 Å². The molecule has 2 N–H and O–H groups in total. The van der Waals surface area contributed by atoms with Crippen LogP contribution in [-0.2, 0) is 0 Å². The number of hydrogen-bond donors (Lipinski definition) is 2. The summed E-state index contributed by atoms with van der Waals surface area (Å²) in [6.07, 6.45) is 0.564. The smallest absolute Gasteiger partial charge is 0.169 e. The van der Waals surface area contributed by atoms with E-state index in [4.69, 9.17) is 9.15 Å². The maximum atomic E-state index is 9.98. The highest BCUT2D eigenvalue weighted by Gasteiger charge is 2.10. The number of methoxy groups -OCH3 is 1. The molecule has 0 amide bonds. The molecule has 0 saturated heterocycles. The van der Waals surface area contributed by atoms with Crippen LogP contribution in [0.2, 0.25) is 0 Å². The Morgan fingerprint density at radius 3 is 2.79 bits per heavy atom. The fraction of sp³-hybridized carbons (Fsp3) is 0.214. The molecule has 100 valence electrons. The van der Waals surface area contributed by atoms with Gasteiger partial charge in [-0.25, -0.2) is 0 Å². The summed E-state index contributed by atoms with van der Waals surface area (Å²) in [6.45, 7) is 1.86. The number of hydrogen-bond acceptors (Lipinski definition) is 5. The van der Waals surface area contributed by atoms with Gasteiger partial charge in [0.1, 0.15) is 17.3 Å². The summed E-state index contributed by atoms with van der Waals surface area (Å²) in [7, 11) is 1.56. The van der Waals surface area contributed by atoms with Gasteiger partial charge in [-0.2, -0.15) is 5.10 Å². The van der Waals surface area contributed by atoms with Crippen molar-refractivity contribution in [2.45, 2.75) is 13.2 Å². The van der Waals surface area contributed by atoms with Crippen LogP contribution in [0, 0.1) is 6.92 Å². The molecule has 2 aromatic rings. The molecule has 1 aromatic heterocycles. The lowest BCUT2D eigenvalue weighted by Gasteiger charge is -2.13. The summed E-state index contributed by atoms with van der Waals surface area (Å²) in [5.41, 5.74) is 3.24. The first-order valence-corrected chi connectivity index (χ1v) is 5.86. The molecule has 0 bridgehead atoms. The van der Waals surface area contributed by atoms with Crippen LogP contribution in [-0.4, -0.2) is 18.4 Å². The van der Waals surface area contributed by atoms with Crippen molar-refractivity contribution in [1.82, 2.24) is 5.43 Å². The molecule has 1 heterocycles. The number of benzene rings is 1. The number of aliphatic hydroxyl groups excluding tert-OH is 1. The van der Waals surface area contributed by atoms with Crippen LogP contribution in [0.5, 0.6) is 5.75 Å². The van der Waals surface area contributed by atoms with Gasteiger partial charge < -0.3 is 14.3 Å². The number of para-hydroxylation sites is 1. The van der Waals surface area contributed by atoms with Crippen LogP contribution in [0.1, 0.15) is 23.3 Å². The number of hydrazone groups is 1. The predicted octanol–water partition coefficient (Wildman–Crippen LogP) is 2.21. The van der Waals surface area contributed by atoms with E-state index in [2.05, 4.69) is 10.5 Å². The fourth-order valence-corrected chi connectivity index (χ4v) is 1.66. The zero-order chi connectivity index (χ0) is 13.7. The maximum absolute atomic E-state index is 9.98. The highest BCUT2D eigenvalue weighted by atomic mass is 16.5. The Hall–Kier alpha value is -2.27. The first-order chi connectivity index (χ1) is 9.20. The number of nitrogens with zero attached hydrogens (tertiary/aromatic N) is 1. The molecule has 19 heavy (non-hydrogen) atoms. The van der Waals surface area contributed by atoms with E-state index in [0.29, 0.717) is 17.1 Å². The number of furan rings is 1. The Balaban J connectivity index is 2.01. The van der Waals surface area contributed by atoms with Crippen LogP contribution < -0.4 is 10.2 Å². The minimum absolute atomic E-state index is 0.603. The average Bonchev–Trinajstić information content (AvgIpc) is 2.84. The van der Waals surface area contributed by atoms with Crippen LogP contribution in [0.4, 0.5) is 0 Å². The third kappa shape index (κ3) is 3.35. The molecule has 0 saturated carbocycles. The molecular weight excluding hydrogens is 244 g/mol. The largest absolute Gasteiger partial charge is 0.496 e. The summed E-state index contributed by atoms with van der Waals surface area (Å²) in [4.78, 5) is 0. The van der Waals surface area contributed by atoms with Gasteiger partial charge in [0.25, 0.3) is 0 Å². The van der Waals surface area contributed by atoms with Crippen molar-refractivity contribution in [3.05, 3.63) is 53.5 Å². The lowest BCUT2D eigenvalue weighted by molar-refractivity contribution is 0.138. The minimum Gasteiger partial charge on any atom is -0.496 e. The summed E-state index contributed by atoms with van der Waals surface area (Å²) in [5.74, 6) is 2.04. The third-order valence-corrected chi connectivity index (χ3v) is 2.58. The van der Waals surface area contributed by atoms with Gasteiger partial charge in [-0.1, -0.05) is 18.2 Å². The van der Waals surface area contributed by atoms with Crippen LogP contribution in [0.15, 0.2) is 45.9 Å². The molecular formula is C14H16N2O3. The van der Waals surface area contributed by atoms with Gasteiger partial charge in [0.15, 0.2) is 6.23 Å². The molecule has 5 heteroatoms. The molecule has 0 spiro atoms. The number of nitrogens with one attached hydrogen (secondary N) is 1. The first kappa shape index (κ1) is 13.2. The summed E-state index contributed by atoms with van der Waals surface area (Å²) in [5, 5.41) is 13.9. The molecule has 0 aliphatic heterocycles. The molecule has 0 radical (unpaired) electrons. The van der Waals surface area contributed by atoms with Gasteiger partial charge in [-0.3, -0.25) is 5.43 Å². The second-order valence-electron chi connectivity index (χ2n) is 3.98. The van der Waals surface area contributed by atoms with E-state index in [1.54, 1.807) is 25.3 Å². The second kappa shape index (κ2) is 6.06. The van der Waals surface area contributed by atoms with E-state index in [1.165, 1.54) is 6.21 Å². The molecule has 2 rings (SSSR count). The minimum atomic E-state index is -0.941. The summed E-state index contributed by atoms with van der Waals surface area (Å²) >= 11 is 0. The van der Waals surface area contributed by atoms with Gasteiger partial charge in [0.2, 0.25) is 0 Å². The van der Waals surface area contributed by atoms with E-state index in [1.807, 2.05) is 25.1 Å². The monoisotopic (exact) mass is 260 g/mol. The van der Waals surface area contributed by atoms with Crippen molar-refractivity contribution >= 4 is 6.21 Å². The lowest BCUT2D eigenvalue weighted by atomic mass is 10.2. The zero-order valence-corrected chi connectivity index (χ0v) is 10.8. The number of aliphatic hydroxyl groups is 1. The molecule has 5 nitrogen and oxygen atoms in total. The lowest BCUT2D eigenvalue weighted by Crippen LogP contribution is -2.15. The van der Waals surface area contributed by atoms with Crippen molar-refractivity contribution in [2.24, 2.45) is 5.10 Å². The van der Waals surface area contributed by atoms with Crippen molar-refractivity contribution in [2.75, 3.05) is 7.11 Å². The predicted molar refractivity (Wildman–Crippen MR) is 72.1 cm³/mol. The van der Waals surface area contributed by atoms with E-state index in [-0.39, 0.29) is 0 Å². The molecule has 0 aliphatic carbocycles. The van der Waals surface area contributed by atoms with Gasteiger partial charge in [0.05, 0.1) is 13.3 Å². The topological polar surface area (TPSA) is 67.0 Å². The van der Waals surface area contributed by atoms with Crippen molar-refractivity contribution < 1.29 is 14.3 Å². The highest BCUT2D eigenvalue weighted by molar-refractivity contribution is 5.75. The maximum Gasteiger partial charge on any atom is 0.169 e. The normalized spacial score (nSPS) is 12.6. The SMILES string of the molecule is COc1ccccc1C(O)N/N=C/c1ccc(C)o1. The Morgan fingerprint density at radius 2 is 2.11 bits per heavy atom. The van der Waals surface area contributed by atoms with Crippen molar-refractivity contribution in [3.8, 4) is 5.75 Å². The fourth-order valence-electron chi connectivity index (χ4n) is 1.66. The zero-order valence-electron chi connectivity index (χ0n) is 10.8. The molecule has 1 atom stereocenters. The highest BCUT2D eigenvalue weighted by Crippen LogP contribution is 2.22. The quantitative estimate of drug-likeness (QED) is 0.491. The van der Waals surface area contributed by atoms with Gasteiger partial charge in [0, 0.05) is 5.56 Å². The average molecular weight is 260 g/mol. The number of aryl methyl sites for hydroxylation is 1. The van der Waals surface area contributed by atoms with Crippen LogP contribution >= 0.6 is 0 Å². The Kier molecular flexibility index (Phi) is 4.20. The Bertz CT molecular complexity index is 563. The summed E-state index contributed by atoms with van der Waals surface area (Å²) in [6, 6.07) is 10.9. The first-order valence-electron chi connectivity index (χ1n) is 5.86. The Labute approximate surface area is 111 Å². The molecule has 1 aromatic carbocycles.